The number of pyridine rings is 2. The molecule has 0 spiro atoms. The normalized spacial score (nSPS) is 10.2. The highest BCUT2D eigenvalue weighted by Crippen LogP contribution is 2.12. The SMILES string of the molecule is O=C(Nc1ccc(NCc2ccc(F)cc2)nc1)c1cccnc1. The molecule has 0 radical (unpaired) electrons. The number of halogens is 1. The second kappa shape index (κ2) is 7.32. The number of anilines is 2. The summed E-state index contributed by atoms with van der Waals surface area (Å²) in [4.78, 5) is 20.2. The van der Waals surface area contributed by atoms with Crippen LogP contribution in [0, 0.1) is 5.82 Å². The van der Waals surface area contributed by atoms with Gasteiger partial charge in [-0.15, -0.1) is 0 Å². The minimum absolute atomic E-state index is 0.239. The van der Waals surface area contributed by atoms with Crippen molar-refractivity contribution in [2.24, 2.45) is 0 Å². The average Bonchev–Trinajstić information content (AvgIpc) is 2.63. The molecule has 0 bridgehead atoms. The smallest absolute Gasteiger partial charge is 0.257 e. The molecule has 5 nitrogen and oxygen atoms in total. The Kier molecular flexibility index (Phi) is 4.76. The first-order chi connectivity index (χ1) is 11.7. The Morgan fingerprint density at radius 3 is 2.54 bits per heavy atom. The number of hydrogen-bond donors (Lipinski definition) is 2. The zero-order chi connectivity index (χ0) is 16.8. The molecule has 0 aliphatic carbocycles. The van der Waals surface area contributed by atoms with Gasteiger partial charge in [0.25, 0.3) is 5.91 Å². The molecule has 0 saturated carbocycles. The van der Waals surface area contributed by atoms with E-state index in [1.54, 1.807) is 48.8 Å². The zero-order valence-corrected chi connectivity index (χ0v) is 12.7. The van der Waals surface area contributed by atoms with Crippen LogP contribution in [-0.4, -0.2) is 15.9 Å². The number of carbonyl (C=O) groups excluding carboxylic acids is 1. The zero-order valence-electron chi connectivity index (χ0n) is 12.7. The molecule has 2 aromatic heterocycles. The van der Waals surface area contributed by atoms with Gasteiger partial charge in [-0.3, -0.25) is 9.78 Å². The van der Waals surface area contributed by atoms with E-state index in [-0.39, 0.29) is 11.7 Å². The fourth-order valence-corrected chi connectivity index (χ4v) is 2.07. The minimum atomic E-state index is -0.259. The van der Waals surface area contributed by atoms with Crippen molar-refractivity contribution in [3.05, 3.63) is 84.1 Å². The van der Waals surface area contributed by atoms with Crippen LogP contribution in [0.5, 0.6) is 0 Å². The predicted molar refractivity (Wildman–Crippen MR) is 90.2 cm³/mol. The van der Waals surface area contributed by atoms with Crippen LogP contribution in [0.3, 0.4) is 0 Å². The molecule has 3 rings (SSSR count). The predicted octanol–water partition coefficient (Wildman–Crippen LogP) is 3.48. The summed E-state index contributed by atoms with van der Waals surface area (Å²) >= 11 is 0. The summed E-state index contributed by atoms with van der Waals surface area (Å²) in [5.74, 6) is 0.168. The van der Waals surface area contributed by atoms with Gasteiger partial charge < -0.3 is 10.6 Å². The molecule has 2 heterocycles. The number of amides is 1. The summed E-state index contributed by atoms with van der Waals surface area (Å²) in [7, 11) is 0. The van der Waals surface area contributed by atoms with Crippen molar-refractivity contribution >= 4 is 17.4 Å². The van der Waals surface area contributed by atoms with Gasteiger partial charge in [-0.1, -0.05) is 12.1 Å². The van der Waals surface area contributed by atoms with Gasteiger partial charge in [0.15, 0.2) is 0 Å². The van der Waals surface area contributed by atoms with E-state index >= 15 is 0 Å². The van der Waals surface area contributed by atoms with E-state index in [0.29, 0.717) is 23.6 Å². The maximum absolute atomic E-state index is 12.9. The molecule has 120 valence electrons. The third-order valence-corrected chi connectivity index (χ3v) is 3.33. The molecule has 0 aliphatic rings. The van der Waals surface area contributed by atoms with Crippen molar-refractivity contribution in [1.29, 1.82) is 0 Å². The molecule has 0 fully saturated rings. The van der Waals surface area contributed by atoms with Crippen LogP contribution in [0.25, 0.3) is 0 Å². The summed E-state index contributed by atoms with van der Waals surface area (Å²) in [6, 6.07) is 13.2. The maximum Gasteiger partial charge on any atom is 0.257 e. The van der Waals surface area contributed by atoms with Gasteiger partial charge in [-0.05, 0) is 42.0 Å². The third-order valence-electron chi connectivity index (χ3n) is 3.33. The van der Waals surface area contributed by atoms with E-state index < -0.39 is 0 Å². The lowest BCUT2D eigenvalue weighted by Crippen LogP contribution is -2.12. The Balaban J connectivity index is 1.57. The molecule has 0 unspecified atom stereocenters. The van der Waals surface area contributed by atoms with Gasteiger partial charge in [0.1, 0.15) is 11.6 Å². The van der Waals surface area contributed by atoms with E-state index in [1.165, 1.54) is 18.3 Å². The summed E-state index contributed by atoms with van der Waals surface area (Å²) in [5.41, 5.74) is 2.03. The molecule has 2 N–H and O–H groups in total. The van der Waals surface area contributed by atoms with Crippen LogP contribution in [0.15, 0.2) is 67.1 Å². The number of hydrogen-bond acceptors (Lipinski definition) is 4. The molecule has 0 saturated heterocycles. The molecule has 1 amide bonds. The van der Waals surface area contributed by atoms with Crippen molar-refractivity contribution in [1.82, 2.24) is 9.97 Å². The summed E-state index contributed by atoms with van der Waals surface area (Å²) in [6.45, 7) is 0.536. The number of aromatic nitrogens is 2. The van der Waals surface area contributed by atoms with Crippen LogP contribution in [-0.2, 0) is 6.54 Å². The lowest BCUT2D eigenvalue weighted by atomic mass is 10.2. The molecule has 0 aliphatic heterocycles. The van der Waals surface area contributed by atoms with E-state index in [0.717, 1.165) is 5.56 Å². The molecular formula is C18H15FN4O. The molecule has 3 aromatic rings. The number of nitrogens with zero attached hydrogens (tertiary/aromatic N) is 2. The van der Waals surface area contributed by atoms with Crippen LogP contribution >= 0.6 is 0 Å². The van der Waals surface area contributed by atoms with Crippen LogP contribution in [0.2, 0.25) is 0 Å². The summed E-state index contributed by atoms with van der Waals surface area (Å²) in [6.07, 6.45) is 4.68. The van der Waals surface area contributed by atoms with Crippen molar-refractivity contribution in [3.63, 3.8) is 0 Å². The van der Waals surface area contributed by atoms with Crippen molar-refractivity contribution in [2.45, 2.75) is 6.54 Å². The summed E-state index contributed by atoms with van der Waals surface area (Å²) < 4.78 is 12.9. The quantitative estimate of drug-likeness (QED) is 0.755. The highest BCUT2D eigenvalue weighted by molar-refractivity contribution is 6.03. The van der Waals surface area contributed by atoms with E-state index in [4.69, 9.17) is 0 Å². The second-order valence-corrected chi connectivity index (χ2v) is 5.11. The third kappa shape index (κ3) is 4.13. The number of nitrogens with one attached hydrogen (secondary N) is 2. The van der Waals surface area contributed by atoms with Gasteiger partial charge in [0.2, 0.25) is 0 Å². The first-order valence-corrected chi connectivity index (χ1v) is 7.36. The topological polar surface area (TPSA) is 66.9 Å². The molecule has 6 heteroatoms. The molecule has 1 aromatic carbocycles. The fraction of sp³-hybridized carbons (Fsp3) is 0.0556. The number of rotatable bonds is 5. The maximum atomic E-state index is 12.9. The van der Waals surface area contributed by atoms with Gasteiger partial charge in [-0.25, -0.2) is 9.37 Å². The van der Waals surface area contributed by atoms with E-state index in [1.807, 2.05) is 0 Å². The Morgan fingerprint density at radius 2 is 1.88 bits per heavy atom. The van der Waals surface area contributed by atoms with Gasteiger partial charge in [0, 0.05) is 18.9 Å². The van der Waals surface area contributed by atoms with Crippen molar-refractivity contribution in [2.75, 3.05) is 10.6 Å². The Bertz CT molecular complexity index is 805. The fourth-order valence-electron chi connectivity index (χ4n) is 2.07. The monoisotopic (exact) mass is 322 g/mol. The number of carbonyl (C=O) groups is 1. The molecule has 24 heavy (non-hydrogen) atoms. The molecule has 0 atom stereocenters. The standard InChI is InChI=1S/C18H15FN4O/c19-15-5-3-13(4-6-15)10-21-17-8-7-16(12-22-17)23-18(24)14-2-1-9-20-11-14/h1-9,11-12H,10H2,(H,21,22)(H,23,24). The largest absolute Gasteiger partial charge is 0.366 e. The van der Waals surface area contributed by atoms with Gasteiger partial charge >= 0.3 is 0 Å². The van der Waals surface area contributed by atoms with Crippen molar-refractivity contribution < 1.29 is 9.18 Å². The van der Waals surface area contributed by atoms with Crippen LogP contribution in [0.1, 0.15) is 15.9 Å². The second-order valence-electron chi connectivity index (χ2n) is 5.11. The first-order valence-electron chi connectivity index (χ1n) is 7.36. The molecular weight excluding hydrogens is 307 g/mol. The van der Waals surface area contributed by atoms with Gasteiger partial charge in [0.05, 0.1) is 17.4 Å². The Morgan fingerprint density at radius 1 is 1.04 bits per heavy atom. The highest BCUT2D eigenvalue weighted by atomic mass is 19.1. The Labute approximate surface area is 138 Å². The van der Waals surface area contributed by atoms with Crippen molar-refractivity contribution in [3.8, 4) is 0 Å². The average molecular weight is 322 g/mol. The lowest BCUT2D eigenvalue weighted by molar-refractivity contribution is 0.102. The van der Waals surface area contributed by atoms with E-state index in [9.17, 15) is 9.18 Å². The number of benzene rings is 1. The van der Waals surface area contributed by atoms with Gasteiger partial charge in [-0.2, -0.15) is 0 Å². The highest BCUT2D eigenvalue weighted by Gasteiger charge is 2.06. The van der Waals surface area contributed by atoms with Crippen LogP contribution < -0.4 is 10.6 Å². The Hall–Kier alpha value is -3.28. The lowest BCUT2D eigenvalue weighted by Gasteiger charge is -2.08. The summed E-state index contributed by atoms with van der Waals surface area (Å²) in [5, 5.41) is 5.89. The van der Waals surface area contributed by atoms with Crippen LogP contribution in [0.4, 0.5) is 15.9 Å². The first kappa shape index (κ1) is 15.6. The minimum Gasteiger partial charge on any atom is -0.366 e. The van der Waals surface area contributed by atoms with E-state index in [2.05, 4.69) is 20.6 Å².